The summed E-state index contributed by atoms with van der Waals surface area (Å²) in [6.45, 7) is 0. The van der Waals surface area contributed by atoms with Gasteiger partial charge in [0.05, 0.1) is 44.8 Å². The molecule has 1 atom stereocenters. The molecule has 2 N–H and O–H groups in total. The second-order valence-corrected chi connectivity index (χ2v) is 11.1. The third kappa shape index (κ3) is 5.99. The quantitative estimate of drug-likeness (QED) is 0.115. The lowest BCUT2D eigenvalue weighted by Gasteiger charge is -2.15. The Kier molecular flexibility index (Phi) is 7.80. The number of pyridine rings is 1. The van der Waals surface area contributed by atoms with Gasteiger partial charge in [0.2, 0.25) is 6.20 Å². The van der Waals surface area contributed by atoms with Gasteiger partial charge in [0.25, 0.3) is 5.69 Å². The number of carboxylic acids is 1. The molecule has 16 heteroatoms. The second kappa shape index (κ2) is 11.7. The molecule has 2 aromatic carbocycles. The van der Waals surface area contributed by atoms with Gasteiger partial charge in [0, 0.05) is 40.6 Å². The number of nitrogens with zero attached hydrogens (tertiary/aromatic N) is 7. The largest absolute Gasteiger partial charge is 0.478 e. The summed E-state index contributed by atoms with van der Waals surface area (Å²) in [5, 5.41) is 33.8. The lowest BCUT2D eigenvalue weighted by atomic mass is 10.0. The van der Waals surface area contributed by atoms with Crippen molar-refractivity contribution in [2.24, 2.45) is 0 Å². The monoisotopic (exact) mass is 656 g/mol. The van der Waals surface area contributed by atoms with Crippen LogP contribution in [0.3, 0.4) is 0 Å². The molecule has 228 valence electrons. The normalized spacial score (nSPS) is 12.4. The van der Waals surface area contributed by atoms with Gasteiger partial charge in [-0.05, 0) is 35.9 Å². The summed E-state index contributed by atoms with van der Waals surface area (Å²) in [7, 11) is 0. The molecular weight excluding hydrogens is 638 g/mol. The number of benzene rings is 2. The van der Waals surface area contributed by atoms with E-state index in [1.165, 1.54) is 53.9 Å². The van der Waals surface area contributed by atoms with Gasteiger partial charge in [-0.2, -0.15) is 18.3 Å². The van der Waals surface area contributed by atoms with E-state index in [0.29, 0.717) is 23.9 Å². The van der Waals surface area contributed by atoms with Crippen molar-refractivity contribution < 1.29 is 37.4 Å². The zero-order valence-electron chi connectivity index (χ0n) is 22.6. The van der Waals surface area contributed by atoms with Gasteiger partial charge >= 0.3 is 12.1 Å². The maximum Gasteiger partial charge on any atom is 0.436 e. The van der Waals surface area contributed by atoms with Gasteiger partial charge in [0.1, 0.15) is 6.04 Å². The van der Waals surface area contributed by atoms with Crippen molar-refractivity contribution in [1.29, 1.82) is 0 Å². The number of aromatic carboxylic acids is 1. The molecule has 0 saturated carbocycles. The molecule has 10 nitrogen and oxygen atoms in total. The first-order valence-corrected chi connectivity index (χ1v) is 14.2. The maximum absolute atomic E-state index is 15.5. The van der Waals surface area contributed by atoms with Crippen molar-refractivity contribution in [3.05, 3.63) is 118 Å². The zero-order valence-corrected chi connectivity index (χ0v) is 24.2. The zero-order chi connectivity index (χ0) is 31.9. The highest BCUT2D eigenvalue weighted by Gasteiger charge is 2.35. The fourth-order valence-electron chi connectivity index (χ4n) is 4.75. The number of halogens is 5. The number of thiazole rings is 1. The first-order valence-electron chi connectivity index (χ1n) is 13.0. The fourth-order valence-corrected chi connectivity index (χ4v) is 5.56. The van der Waals surface area contributed by atoms with Gasteiger partial charge in [-0.1, -0.05) is 28.9 Å². The molecule has 0 aliphatic carbocycles. The van der Waals surface area contributed by atoms with Crippen molar-refractivity contribution in [3.8, 4) is 27.9 Å². The molecule has 0 spiro atoms. The van der Waals surface area contributed by atoms with Crippen LogP contribution < -0.4 is 4.73 Å². The molecule has 6 rings (SSSR count). The highest BCUT2D eigenvalue weighted by Crippen LogP contribution is 2.35. The Balaban J connectivity index is 1.40. The van der Waals surface area contributed by atoms with Gasteiger partial charge in [-0.15, -0.1) is 16.4 Å². The number of hydrogen-bond acceptors (Lipinski definition) is 7. The lowest BCUT2D eigenvalue weighted by molar-refractivity contribution is -0.910. The maximum atomic E-state index is 15.5. The van der Waals surface area contributed by atoms with E-state index in [9.17, 15) is 28.3 Å². The number of carbonyl (C=O) groups is 1. The van der Waals surface area contributed by atoms with Crippen LogP contribution >= 0.6 is 22.9 Å². The van der Waals surface area contributed by atoms with E-state index in [1.807, 2.05) is 0 Å². The van der Waals surface area contributed by atoms with Crippen molar-refractivity contribution >= 4 is 28.9 Å². The molecule has 0 fully saturated rings. The topological polar surface area (TPSA) is 123 Å². The summed E-state index contributed by atoms with van der Waals surface area (Å²) in [5.74, 6) is -1.98. The first kappa shape index (κ1) is 29.9. The molecule has 1 unspecified atom stereocenters. The number of rotatable bonds is 8. The molecular formula is C29H19ClF4N7O3S+. The summed E-state index contributed by atoms with van der Waals surface area (Å²) in [5.41, 5.74) is 0.403. The van der Waals surface area contributed by atoms with Crippen LogP contribution in [0.15, 0.2) is 84.9 Å². The minimum Gasteiger partial charge on any atom is -0.478 e. The minimum atomic E-state index is -4.76. The number of aromatic nitrogens is 7. The fraction of sp³-hybridized carbons (Fsp3) is 0.103. The average Bonchev–Trinajstić information content (AvgIpc) is 3.80. The van der Waals surface area contributed by atoms with Crippen molar-refractivity contribution in [1.82, 2.24) is 29.8 Å². The molecule has 4 aromatic heterocycles. The van der Waals surface area contributed by atoms with E-state index in [4.69, 9.17) is 11.6 Å². The van der Waals surface area contributed by atoms with Crippen molar-refractivity contribution in [2.45, 2.75) is 18.6 Å². The number of carboxylic acid groups (broad SMARTS) is 1. The Bertz CT molecular complexity index is 2010. The molecule has 0 radical (unpaired) electrons. The SMILES string of the molecule is O=C(O)c1ccc(-c2cnn(C(Cc3nccs3)c3ccc(-c4c(-n5cc(C(F)(F)F)nn5)ccc(Cl)c4F)c[n+]3O)c2)cc1. The Morgan fingerprint density at radius 3 is 2.44 bits per heavy atom. The summed E-state index contributed by atoms with van der Waals surface area (Å²) in [4.78, 5) is 15.6. The van der Waals surface area contributed by atoms with Crippen LogP contribution in [0.4, 0.5) is 17.6 Å². The molecule has 0 saturated heterocycles. The molecule has 0 aliphatic heterocycles. The molecule has 0 aliphatic rings. The van der Waals surface area contributed by atoms with E-state index in [2.05, 4.69) is 20.4 Å². The van der Waals surface area contributed by atoms with Crippen LogP contribution in [0.5, 0.6) is 0 Å². The van der Waals surface area contributed by atoms with E-state index in [1.54, 1.807) is 40.8 Å². The number of hydrogen-bond donors (Lipinski definition) is 2. The first-order chi connectivity index (χ1) is 21.5. The van der Waals surface area contributed by atoms with E-state index >= 15 is 4.39 Å². The number of alkyl halides is 3. The molecule has 4 heterocycles. The van der Waals surface area contributed by atoms with E-state index in [-0.39, 0.29) is 27.4 Å². The van der Waals surface area contributed by atoms with Crippen LogP contribution in [-0.2, 0) is 12.6 Å². The van der Waals surface area contributed by atoms with Gasteiger partial charge in [0.15, 0.2) is 11.5 Å². The third-order valence-corrected chi connectivity index (χ3v) is 8.02. The van der Waals surface area contributed by atoms with Crippen molar-refractivity contribution in [3.63, 3.8) is 0 Å². The predicted octanol–water partition coefficient (Wildman–Crippen LogP) is 6.12. The van der Waals surface area contributed by atoms with Crippen LogP contribution in [0, 0.1) is 5.82 Å². The predicted molar refractivity (Wildman–Crippen MR) is 153 cm³/mol. The van der Waals surface area contributed by atoms with E-state index < -0.39 is 29.7 Å². The molecule has 0 bridgehead atoms. The lowest BCUT2D eigenvalue weighted by Crippen LogP contribution is -2.39. The Hall–Kier alpha value is -5.15. The molecule has 45 heavy (non-hydrogen) atoms. The van der Waals surface area contributed by atoms with Crippen LogP contribution in [0.1, 0.15) is 32.8 Å². The van der Waals surface area contributed by atoms with Crippen LogP contribution in [0.2, 0.25) is 5.02 Å². The highest BCUT2D eigenvalue weighted by molar-refractivity contribution is 7.09. The standard InChI is InChI=1S/C29H18ClF4N7O3S/c30-20-6-8-22(40-15-24(37-38-40)29(32,33)34)26(27(20)31)18-5-7-21(41(44)14-18)23(11-25-35-9-10-45-25)39-13-19(12-36-39)16-1-3-17(4-2-16)28(42)43/h1-10,12-15,23H,11H2,(H-,42,43,44)/p+1. The molecule has 0 amide bonds. The molecule has 6 aromatic rings. The summed E-state index contributed by atoms with van der Waals surface area (Å²) in [6, 6.07) is 11.2. The Morgan fingerprint density at radius 2 is 1.80 bits per heavy atom. The average molecular weight is 657 g/mol. The highest BCUT2D eigenvalue weighted by atomic mass is 35.5. The van der Waals surface area contributed by atoms with Gasteiger partial charge < -0.3 is 5.11 Å². The van der Waals surface area contributed by atoms with Crippen molar-refractivity contribution in [2.75, 3.05) is 0 Å². The van der Waals surface area contributed by atoms with Gasteiger partial charge in [-0.3, -0.25) is 9.89 Å². The van der Waals surface area contributed by atoms with Gasteiger partial charge in [-0.25, -0.2) is 18.9 Å². The minimum absolute atomic E-state index is 0.0855. The summed E-state index contributed by atoms with van der Waals surface area (Å²) in [6.07, 6.45) is 2.36. The Labute approximate surface area is 260 Å². The summed E-state index contributed by atoms with van der Waals surface area (Å²) < 4.78 is 58.2. The third-order valence-electron chi connectivity index (χ3n) is 6.93. The van der Waals surface area contributed by atoms with E-state index in [0.717, 1.165) is 20.0 Å². The van der Waals surface area contributed by atoms with Crippen LogP contribution in [0.25, 0.3) is 27.9 Å². The smallest absolute Gasteiger partial charge is 0.436 e. The summed E-state index contributed by atoms with van der Waals surface area (Å²) >= 11 is 7.44. The second-order valence-electron chi connectivity index (χ2n) is 9.73. The van der Waals surface area contributed by atoms with Crippen LogP contribution in [-0.4, -0.2) is 46.0 Å². The Morgan fingerprint density at radius 1 is 1.04 bits per heavy atom.